The monoisotopic (exact) mass is 443 g/mol. The highest BCUT2D eigenvalue weighted by Crippen LogP contribution is 2.24. The van der Waals surface area contributed by atoms with E-state index in [-0.39, 0.29) is 11.8 Å². The standard InChI is InChI=1S/C27H33N5O/c1-19(2)22-10-12-24(13-11-22)30-27-28-15-14-25(31-27)32-16-4-5-23(18-32)26(33)29-17-21-8-6-20(3)7-9-21/h6-15,19,23H,4-5,16-18H2,1-3H3,(H,29,33)(H,28,30,31). The third-order valence-corrected chi connectivity index (χ3v) is 6.18. The smallest absolute Gasteiger partial charge is 0.229 e. The van der Waals surface area contributed by atoms with E-state index in [2.05, 4.69) is 89.8 Å². The lowest BCUT2D eigenvalue weighted by Gasteiger charge is -2.33. The van der Waals surface area contributed by atoms with Gasteiger partial charge in [-0.25, -0.2) is 4.98 Å². The maximum atomic E-state index is 12.8. The highest BCUT2D eigenvalue weighted by Gasteiger charge is 2.26. The second-order valence-corrected chi connectivity index (χ2v) is 9.13. The van der Waals surface area contributed by atoms with Gasteiger partial charge < -0.3 is 15.5 Å². The van der Waals surface area contributed by atoms with Crippen LogP contribution in [0, 0.1) is 12.8 Å². The van der Waals surface area contributed by atoms with Gasteiger partial charge in [0, 0.05) is 31.5 Å². The van der Waals surface area contributed by atoms with E-state index in [1.54, 1.807) is 6.20 Å². The molecule has 2 aromatic carbocycles. The molecule has 0 saturated carbocycles. The van der Waals surface area contributed by atoms with Crippen molar-refractivity contribution in [2.45, 2.75) is 46.1 Å². The summed E-state index contributed by atoms with van der Waals surface area (Å²) in [4.78, 5) is 24.1. The average molecular weight is 444 g/mol. The van der Waals surface area contributed by atoms with Gasteiger partial charge in [0.1, 0.15) is 5.82 Å². The first kappa shape index (κ1) is 22.8. The third-order valence-electron chi connectivity index (χ3n) is 6.18. The van der Waals surface area contributed by atoms with Crippen LogP contribution in [-0.2, 0) is 11.3 Å². The summed E-state index contributed by atoms with van der Waals surface area (Å²) in [5.41, 5.74) is 4.60. The van der Waals surface area contributed by atoms with Gasteiger partial charge in [-0.15, -0.1) is 0 Å². The first-order chi connectivity index (χ1) is 16.0. The van der Waals surface area contributed by atoms with Gasteiger partial charge in [0.15, 0.2) is 0 Å². The zero-order chi connectivity index (χ0) is 23.2. The van der Waals surface area contributed by atoms with Crippen molar-refractivity contribution in [2.24, 2.45) is 5.92 Å². The summed E-state index contributed by atoms with van der Waals surface area (Å²) in [5, 5.41) is 6.40. The van der Waals surface area contributed by atoms with E-state index in [9.17, 15) is 4.79 Å². The van der Waals surface area contributed by atoms with Crippen LogP contribution in [-0.4, -0.2) is 29.0 Å². The average Bonchev–Trinajstić information content (AvgIpc) is 2.84. The molecular formula is C27H33N5O. The molecule has 1 fully saturated rings. The molecule has 0 bridgehead atoms. The van der Waals surface area contributed by atoms with Crippen molar-refractivity contribution in [1.82, 2.24) is 15.3 Å². The second kappa shape index (κ2) is 10.5. The summed E-state index contributed by atoms with van der Waals surface area (Å²) in [6, 6.07) is 18.6. The number of carbonyl (C=O) groups excluding carboxylic acids is 1. The van der Waals surface area contributed by atoms with Gasteiger partial charge in [-0.05, 0) is 55.0 Å². The van der Waals surface area contributed by atoms with Gasteiger partial charge >= 0.3 is 0 Å². The van der Waals surface area contributed by atoms with E-state index in [4.69, 9.17) is 4.98 Å². The molecule has 1 amide bonds. The van der Waals surface area contributed by atoms with Crippen LogP contribution in [0.2, 0.25) is 0 Å². The summed E-state index contributed by atoms with van der Waals surface area (Å²) >= 11 is 0. The summed E-state index contributed by atoms with van der Waals surface area (Å²) < 4.78 is 0. The van der Waals surface area contributed by atoms with Gasteiger partial charge in [-0.2, -0.15) is 4.98 Å². The van der Waals surface area contributed by atoms with E-state index in [1.165, 1.54) is 11.1 Å². The molecule has 0 aliphatic carbocycles. The Balaban J connectivity index is 1.36. The van der Waals surface area contributed by atoms with E-state index in [1.807, 2.05) is 6.07 Å². The lowest BCUT2D eigenvalue weighted by molar-refractivity contribution is -0.125. The number of hydrogen-bond donors (Lipinski definition) is 2. The Morgan fingerprint density at radius 1 is 1.09 bits per heavy atom. The fourth-order valence-electron chi connectivity index (χ4n) is 4.10. The minimum absolute atomic E-state index is 0.0425. The summed E-state index contributed by atoms with van der Waals surface area (Å²) in [5.74, 6) is 1.98. The zero-order valence-corrected chi connectivity index (χ0v) is 19.7. The number of piperidine rings is 1. The van der Waals surface area contributed by atoms with Crippen LogP contribution in [0.1, 0.15) is 49.3 Å². The van der Waals surface area contributed by atoms with E-state index in [0.29, 0.717) is 25.0 Å². The Morgan fingerprint density at radius 3 is 2.58 bits per heavy atom. The molecule has 1 aliphatic heterocycles. The molecule has 1 unspecified atom stereocenters. The molecule has 4 rings (SSSR count). The van der Waals surface area contributed by atoms with E-state index < -0.39 is 0 Å². The van der Waals surface area contributed by atoms with Crippen molar-refractivity contribution < 1.29 is 4.79 Å². The number of carbonyl (C=O) groups is 1. The molecule has 3 aromatic rings. The second-order valence-electron chi connectivity index (χ2n) is 9.13. The van der Waals surface area contributed by atoms with Gasteiger partial charge in [-0.3, -0.25) is 4.79 Å². The highest BCUT2D eigenvalue weighted by molar-refractivity contribution is 5.79. The van der Waals surface area contributed by atoms with Crippen molar-refractivity contribution in [3.63, 3.8) is 0 Å². The van der Waals surface area contributed by atoms with Crippen molar-refractivity contribution >= 4 is 23.4 Å². The molecule has 2 heterocycles. The molecule has 33 heavy (non-hydrogen) atoms. The van der Waals surface area contributed by atoms with Crippen LogP contribution in [0.5, 0.6) is 0 Å². The van der Waals surface area contributed by atoms with Gasteiger partial charge in [0.05, 0.1) is 5.92 Å². The molecule has 1 aromatic heterocycles. The first-order valence-corrected chi connectivity index (χ1v) is 11.8. The molecular weight excluding hydrogens is 410 g/mol. The van der Waals surface area contributed by atoms with Crippen LogP contribution in [0.25, 0.3) is 0 Å². The van der Waals surface area contributed by atoms with Gasteiger partial charge in [-0.1, -0.05) is 55.8 Å². The molecule has 0 spiro atoms. The normalized spacial score (nSPS) is 16.0. The van der Waals surface area contributed by atoms with Crippen molar-refractivity contribution in [3.05, 3.63) is 77.5 Å². The topological polar surface area (TPSA) is 70.2 Å². The highest BCUT2D eigenvalue weighted by atomic mass is 16.1. The largest absolute Gasteiger partial charge is 0.356 e. The van der Waals surface area contributed by atoms with Gasteiger partial charge in [0.25, 0.3) is 0 Å². The predicted octanol–water partition coefficient (Wildman–Crippen LogP) is 5.18. The van der Waals surface area contributed by atoms with Crippen molar-refractivity contribution in [3.8, 4) is 0 Å². The quantitative estimate of drug-likeness (QED) is 0.526. The lowest BCUT2D eigenvalue weighted by atomic mass is 9.97. The lowest BCUT2D eigenvalue weighted by Crippen LogP contribution is -2.43. The maximum absolute atomic E-state index is 12.8. The molecule has 6 heteroatoms. The molecule has 1 atom stereocenters. The van der Waals surface area contributed by atoms with Crippen LogP contribution < -0.4 is 15.5 Å². The number of amides is 1. The van der Waals surface area contributed by atoms with Crippen LogP contribution >= 0.6 is 0 Å². The Kier molecular flexibility index (Phi) is 7.23. The zero-order valence-electron chi connectivity index (χ0n) is 19.7. The molecule has 172 valence electrons. The van der Waals surface area contributed by atoms with E-state index in [0.717, 1.165) is 36.5 Å². The minimum atomic E-state index is -0.0425. The Morgan fingerprint density at radius 2 is 1.85 bits per heavy atom. The van der Waals surface area contributed by atoms with Crippen LogP contribution in [0.15, 0.2) is 60.8 Å². The Labute approximate surface area is 196 Å². The summed E-state index contributed by atoms with van der Waals surface area (Å²) in [6.07, 6.45) is 3.63. The molecule has 0 radical (unpaired) electrons. The number of nitrogens with zero attached hydrogens (tertiary/aromatic N) is 3. The fraction of sp³-hybridized carbons (Fsp3) is 0.370. The molecule has 1 aliphatic rings. The fourth-order valence-corrected chi connectivity index (χ4v) is 4.10. The van der Waals surface area contributed by atoms with Gasteiger partial charge in [0.2, 0.25) is 11.9 Å². The Bertz CT molecular complexity index is 1060. The number of nitrogens with one attached hydrogen (secondary N) is 2. The number of aromatic nitrogens is 2. The number of benzene rings is 2. The number of aryl methyl sites for hydroxylation is 1. The molecule has 1 saturated heterocycles. The third kappa shape index (κ3) is 6.09. The summed E-state index contributed by atoms with van der Waals surface area (Å²) in [7, 11) is 0. The van der Waals surface area contributed by atoms with Crippen LogP contribution in [0.3, 0.4) is 0 Å². The Hall–Kier alpha value is -3.41. The number of rotatable bonds is 7. The maximum Gasteiger partial charge on any atom is 0.229 e. The molecule has 2 N–H and O–H groups in total. The van der Waals surface area contributed by atoms with E-state index >= 15 is 0 Å². The van der Waals surface area contributed by atoms with Crippen LogP contribution in [0.4, 0.5) is 17.5 Å². The first-order valence-electron chi connectivity index (χ1n) is 11.8. The SMILES string of the molecule is Cc1ccc(CNC(=O)C2CCCN(c3ccnc(Nc4ccc(C(C)C)cc4)n3)C2)cc1. The number of hydrogen-bond acceptors (Lipinski definition) is 5. The van der Waals surface area contributed by atoms with Crippen molar-refractivity contribution in [2.75, 3.05) is 23.3 Å². The van der Waals surface area contributed by atoms with Crippen molar-refractivity contribution in [1.29, 1.82) is 0 Å². The number of anilines is 3. The molecule has 6 nitrogen and oxygen atoms in total. The predicted molar refractivity (Wildman–Crippen MR) is 134 cm³/mol. The summed E-state index contributed by atoms with van der Waals surface area (Å²) in [6.45, 7) is 8.55. The minimum Gasteiger partial charge on any atom is -0.356 e.